The minimum atomic E-state index is -4.55. The van der Waals surface area contributed by atoms with Gasteiger partial charge in [-0.25, -0.2) is 8.78 Å². The number of nitrogens with zero attached hydrogens (tertiary/aromatic N) is 6. The van der Waals surface area contributed by atoms with Crippen LogP contribution in [0, 0.1) is 0 Å². The first-order valence-electron chi connectivity index (χ1n) is 15.2. The lowest BCUT2D eigenvalue weighted by atomic mass is 10.0. The molecular weight excluding hydrogens is 615 g/mol. The van der Waals surface area contributed by atoms with Crippen molar-refractivity contribution in [1.29, 1.82) is 0 Å². The number of hydrogen-bond donors (Lipinski definition) is 2. The first-order valence-corrected chi connectivity index (χ1v) is 15.2. The largest absolute Gasteiger partial charge is 0.406 e. The maximum absolute atomic E-state index is 14.8. The number of piperidine rings is 1. The van der Waals surface area contributed by atoms with Gasteiger partial charge in [0.2, 0.25) is 11.7 Å². The summed E-state index contributed by atoms with van der Waals surface area (Å²) in [5, 5.41) is 14.5. The van der Waals surface area contributed by atoms with Gasteiger partial charge in [-0.05, 0) is 50.9 Å². The molecule has 3 aromatic heterocycles. The number of amides is 1. The number of fused-ring (bicyclic) bond motifs is 1. The van der Waals surface area contributed by atoms with Crippen molar-refractivity contribution in [3.8, 4) is 11.5 Å². The predicted octanol–water partition coefficient (Wildman–Crippen LogP) is 4.91. The van der Waals surface area contributed by atoms with Crippen molar-refractivity contribution in [2.45, 2.75) is 69.3 Å². The Labute approximate surface area is 261 Å². The molecule has 11 nitrogen and oxygen atoms in total. The number of ether oxygens (including phenoxy) is 1. The summed E-state index contributed by atoms with van der Waals surface area (Å²) in [4.78, 5) is 19.0. The first-order chi connectivity index (χ1) is 22.1. The zero-order valence-corrected chi connectivity index (χ0v) is 25.1. The van der Waals surface area contributed by atoms with Crippen LogP contribution in [0.4, 0.5) is 27.6 Å². The molecule has 2 fully saturated rings. The van der Waals surface area contributed by atoms with Gasteiger partial charge in [-0.2, -0.15) is 23.3 Å². The van der Waals surface area contributed by atoms with Crippen LogP contribution < -0.4 is 10.6 Å². The highest BCUT2D eigenvalue weighted by Crippen LogP contribution is 2.35. The van der Waals surface area contributed by atoms with E-state index in [0.29, 0.717) is 24.0 Å². The van der Waals surface area contributed by atoms with Crippen molar-refractivity contribution in [2.75, 3.05) is 38.7 Å². The van der Waals surface area contributed by atoms with Crippen LogP contribution in [0.2, 0.25) is 0 Å². The summed E-state index contributed by atoms with van der Waals surface area (Å²) in [7, 11) is 1.84. The van der Waals surface area contributed by atoms with Gasteiger partial charge in [-0.3, -0.25) is 9.48 Å². The fraction of sp³-hybridized carbons (Fsp3) is 0.533. The van der Waals surface area contributed by atoms with E-state index in [9.17, 15) is 26.7 Å². The number of hydrogen-bond acceptors (Lipinski definition) is 8. The number of likely N-dealkylation sites (tertiary alicyclic amines) is 1. The second-order valence-corrected chi connectivity index (χ2v) is 11.8. The third-order valence-corrected chi connectivity index (χ3v) is 8.50. The highest BCUT2D eigenvalue weighted by Gasteiger charge is 2.33. The normalized spacial score (nSPS) is 22.5. The van der Waals surface area contributed by atoms with E-state index in [-0.39, 0.29) is 60.3 Å². The number of halogens is 5. The molecule has 0 radical (unpaired) electrons. The van der Waals surface area contributed by atoms with Crippen LogP contribution in [0.5, 0.6) is 0 Å². The second-order valence-electron chi connectivity index (χ2n) is 11.8. The Kier molecular flexibility index (Phi) is 9.27. The Morgan fingerprint density at radius 2 is 2.07 bits per heavy atom. The van der Waals surface area contributed by atoms with Crippen molar-refractivity contribution in [1.82, 2.24) is 34.7 Å². The standard InChI is InChI=1S/C30H35F5N8O3/c1-41-10-8-22(20(32)16-41)38-21-4-2-5-23-19(21)12-25(42(23)17-30(33,34)35)28-39-27(46-40-28)14-36-29(44)18-13-37-43(15-18)24-6-3-7-26(24)45-11-9-31/h2,4-5,12-13,15,20,22,24,26,38H,3,6-11,14,16-17H2,1H3,(H,36,44)/t20-,22+,24-,26-/m0/s1. The van der Waals surface area contributed by atoms with E-state index in [1.165, 1.54) is 12.3 Å². The number of carbonyl (C=O) groups is 1. The molecule has 0 unspecified atom stereocenters. The van der Waals surface area contributed by atoms with E-state index in [2.05, 4.69) is 25.9 Å². The number of anilines is 1. The van der Waals surface area contributed by atoms with E-state index in [4.69, 9.17) is 9.26 Å². The number of rotatable bonds is 11. The van der Waals surface area contributed by atoms with Gasteiger partial charge in [-0.1, -0.05) is 11.2 Å². The van der Waals surface area contributed by atoms with E-state index in [1.807, 2.05) is 11.9 Å². The maximum Gasteiger partial charge on any atom is 0.406 e. The van der Waals surface area contributed by atoms with Gasteiger partial charge >= 0.3 is 6.18 Å². The average Bonchev–Trinajstić information content (AvgIpc) is 3.82. The molecule has 4 heterocycles. The van der Waals surface area contributed by atoms with Gasteiger partial charge in [0, 0.05) is 30.4 Å². The molecule has 1 aliphatic carbocycles. The molecule has 2 aliphatic rings. The van der Waals surface area contributed by atoms with Gasteiger partial charge < -0.3 is 29.4 Å². The van der Waals surface area contributed by atoms with Gasteiger partial charge in [0.15, 0.2) is 0 Å². The Balaban J connectivity index is 1.18. The molecule has 6 rings (SSSR count). The summed E-state index contributed by atoms with van der Waals surface area (Å²) in [6.07, 6.45) is 0.147. The van der Waals surface area contributed by atoms with Crippen LogP contribution in [-0.4, -0.2) is 93.2 Å². The van der Waals surface area contributed by atoms with Crippen LogP contribution in [-0.2, 0) is 17.8 Å². The molecule has 46 heavy (non-hydrogen) atoms. The molecule has 248 valence electrons. The van der Waals surface area contributed by atoms with E-state index in [1.54, 1.807) is 29.1 Å². The predicted molar refractivity (Wildman–Crippen MR) is 158 cm³/mol. The van der Waals surface area contributed by atoms with Crippen molar-refractivity contribution in [3.63, 3.8) is 0 Å². The lowest BCUT2D eigenvalue weighted by Crippen LogP contribution is -2.46. The summed E-state index contributed by atoms with van der Waals surface area (Å²) in [6.45, 7) is -1.10. The molecule has 4 aromatic rings. The van der Waals surface area contributed by atoms with Crippen molar-refractivity contribution < 1.29 is 36.0 Å². The fourth-order valence-electron chi connectivity index (χ4n) is 6.29. The smallest absolute Gasteiger partial charge is 0.379 e. The van der Waals surface area contributed by atoms with Gasteiger partial charge in [0.05, 0.1) is 54.3 Å². The number of carbonyl (C=O) groups excluding carboxylic acids is 1. The Morgan fingerprint density at radius 1 is 1.22 bits per heavy atom. The number of alkyl halides is 5. The lowest BCUT2D eigenvalue weighted by Gasteiger charge is -2.33. The van der Waals surface area contributed by atoms with Crippen LogP contribution in [0.25, 0.3) is 22.4 Å². The van der Waals surface area contributed by atoms with Crippen LogP contribution >= 0.6 is 0 Å². The van der Waals surface area contributed by atoms with Crippen LogP contribution in [0.15, 0.2) is 41.2 Å². The molecule has 16 heteroatoms. The molecule has 1 saturated carbocycles. The molecule has 1 amide bonds. The number of aromatic nitrogens is 5. The topological polar surface area (TPSA) is 115 Å². The SMILES string of the molecule is CN1CC[C@@H](Nc2cccc3c2cc(-c2noc(CNC(=O)c4cnn([C@H]5CCC[C@@H]5OCCF)c4)n2)n3CC(F)(F)F)[C@@H](F)C1. The Bertz CT molecular complexity index is 1650. The molecule has 2 N–H and O–H groups in total. The van der Waals surface area contributed by atoms with Crippen molar-refractivity contribution in [3.05, 3.63) is 48.1 Å². The lowest BCUT2D eigenvalue weighted by molar-refractivity contribution is -0.139. The highest BCUT2D eigenvalue weighted by molar-refractivity contribution is 5.96. The molecule has 0 bridgehead atoms. The molecular formula is C30H35F5N8O3. The van der Waals surface area contributed by atoms with Gasteiger partial charge in [0.25, 0.3) is 5.91 Å². The molecule has 1 aliphatic heterocycles. The molecule has 0 spiro atoms. The quantitative estimate of drug-likeness (QED) is 0.220. The molecule has 4 atom stereocenters. The zero-order chi connectivity index (χ0) is 32.4. The third-order valence-electron chi connectivity index (χ3n) is 8.50. The summed E-state index contributed by atoms with van der Waals surface area (Å²) in [5.74, 6) is -0.570. The summed E-state index contributed by atoms with van der Waals surface area (Å²) in [6, 6.07) is 5.82. The van der Waals surface area contributed by atoms with E-state index < -0.39 is 37.5 Å². The Morgan fingerprint density at radius 3 is 2.85 bits per heavy atom. The van der Waals surface area contributed by atoms with E-state index in [0.717, 1.165) is 23.8 Å². The number of benzene rings is 1. The summed E-state index contributed by atoms with van der Waals surface area (Å²) in [5.41, 5.74) is 1.12. The van der Waals surface area contributed by atoms with E-state index >= 15 is 0 Å². The zero-order valence-electron chi connectivity index (χ0n) is 25.1. The van der Waals surface area contributed by atoms with Crippen LogP contribution in [0.3, 0.4) is 0 Å². The summed E-state index contributed by atoms with van der Waals surface area (Å²) >= 11 is 0. The summed E-state index contributed by atoms with van der Waals surface area (Å²) < 4.78 is 82.1. The average molecular weight is 651 g/mol. The first kappa shape index (κ1) is 31.9. The highest BCUT2D eigenvalue weighted by atomic mass is 19.4. The maximum atomic E-state index is 14.8. The van der Waals surface area contributed by atoms with Crippen LogP contribution in [0.1, 0.15) is 48.0 Å². The monoisotopic (exact) mass is 650 g/mol. The fourth-order valence-corrected chi connectivity index (χ4v) is 6.29. The van der Waals surface area contributed by atoms with Gasteiger partial charge in [-0.15, -0.1) is 0 Å². The third kappa shape index (κ3) is 7.02. The molecule has 1 saturated heterocycles. The van der Waals surface area contributed by atoms with Crippen molar-refractivity contribution >= 4 is 22.5 Å². The minimum Gasteiger partial charge on any atom is -0.379 e. The molecule has 1 aromatic carbocycles. The Hall–Kier alpha value is -4.05. The second kappa shape index (κ2) is 13.4. The van der Waals surface area contributed by atoms with Crippen molar-refractivity contribution in [2.24, 2.45) is 0 Å². The minimum absolute atomic E-state index is 0.00892. The van der Waals surface area contributed by atoms with Gasteiger partial charge in [0.1, 0.15) is 19.4 Å². The number of nitrogens with one attached hydrogen (secondary N) is 2.